The van der Waals surface area contributed by atoms with Gasteiger partial charge < -0.3 is 25.7 Å². The molecular weight excluding hydrogens is 562 g/mol. The minimum Gasteiger partial charge on any atom is -0.394 e. The van der Waals surface area contributed by atoms with Crippen LogP contribution in [0.3, 0.4) is 0 Å². The van der Waals surface area contributed by atoms with E-state index < -0.39 is 36.9 Å². The highest BCUT2D eigenvalue weighted by molar-refractivity contribution is 5.80. The molecule has 4 unspecified atom stereocenters. The van der Waals surface area contributed by atoms with Crippen molar-refractivity contribution in [2.24, 2.45) is 0 Å². The lowest BCUT2D eigenvalue weighted by molar-refractivity contribution is -0.132. The molecule has 5 N–H and O–H groups in total. The predicted molar refractivity (Wildman–Crippen MR) is 191 cm³/mol. The molecule has 0 fully saturated rings. The largest absolute Gasteiger partial charge is 0.394 e. The maximum atomic E-state index is 12.4. The minimum absolute atomic E-state index is 0.363. The number of nitrogens with one attached hydrogen (secondary N) is 1. The molecule has 0 aliphatic heterocycles. The van der Waals surface area contributed by atoms with E-state index in [4.69, 9.17) is 0 Å². The average Bonchev–Trinajstić information content (AvgIpc) is 3.04. The van der Waals surface area contributed by atoms with Crippen LogP contribution in [-0.4, -0.2) is 57.3 Å². The van der Waals surface area contributed by atoms with Crippen LogP contribution < -0.4 is 5.32 Å². The number of aliphatic hydroxyl groups is 4. The Balaban J connectivity index is 3.87. The van der Waals surface area contributed by atoms with E-state index in [1.165, 1.54) is 116 Å². The molecule has 45 heavy (non-hydrogen) atoms. The molecule has 0 saturated heterocycles. The second-order valence-corrected chi connectivity index (χ2v) is 13.3. The fourth-order valence-corrected chi connectivity index (χ4v) is 5.77. The molecule has 6 nitrogen and oxygen atoms in total. The van der Waals surface area contributed by atoms with E-state index in [1.54, 1.807) is 0 Å². The van der Waals surface area contributed by atoms with Crippen LogP contribution in [0.4, 0.5) is 0 Å². The summed E-state index contributed by atoms with van der Waals surface area (Å²) in [4.78, 5) is 12.4. The topological polar surface area (TPSA) is 110 Å². The Bertz CT molecular complexity index is 682. The number of carbonyl (C=O) groups is 1. The zero-order valence-corrected chi connectivity index (χ0v) is 29.6. The predicted octanol–water partition coefficient (Wildman–Crippen LogP) is 9.23. The van der Waals surface area contributed by atoms with Crippen molar-refractivity contribution in [3.05, 3.63) is 24.3 Å². The molecule has 0 saturated carbocycles. The summed E-state index contributed by atoms with van der Waals surface area (Å²) in [5, 5.41) is 43.4. The van der Waals surface area contributed by atoms with Crippen LogP contribution in [0.15, 0.2) is 24.3 Å². The van der Waals surface area contributed by atoms with Crippen LogP contribution in [0.1, 0.15) is 187 Å². The molecule has 0 heterocycles. The number of rotatable bonds is 34. The molecule has 0 radical (unpaired) electrons. The molecule has 0 rings (SSSR count). The van der Waals surface area contributed by atoms with E-state index in [0.29, 0.717) is 19.3 Å². The van der Waals surface area contributed by atoms with Crippen LogP contribution in [0.25, 0.3) is 0 Å². The Kier molecular flexibility index (Phi) is 33.2. The maximum absolute atomic E-state index is 12.4. The van der Waals surface area contributed by atoms with Gasteiger partial charge in [0, 0.05) is 0 Å². The fourth-order valence-electron chi connectivity index (χ4n) is 5.77. The van der Waals surface area contributed by atoms with Gasteiger partial charge in [0.15, 0.2) is 0 Å². The lowest BCUT2D eigenvalue weighted by atomic mass is 10.00. The van der Waals surface area contributed by atoms with Gasteiger partial charge in [-0.15, -0.1) is 0 Å². The van der Waals surface area contributed by atoms with Crippen molar-refractivity contribution in [3.8, 4) is 0 Å². The van der Waals surface area contributed by atoms with Crippen molar-refractivity contribution >= 4 is 5.91 Å². The van der Waals surface area contributed by atoms with E-state index in [0.717, 1.165) is 38.5 Å². The van der Waals surface area contributed by atoms with Crippen LogP contribution in [0.5, 0.6) is 0 Å². The molecule has 4 atom stereocenters. The highest BCUT2D eigenvalue weighted by atomic mass is 16.3. The minimum atomic E-state index is -1.28. The van der Waals surface area contributed by atoms with Crippen molar-refractivity contribution in [1.82, 2.24) is 5.32 Å². The van der Waals surface area contributed by atoms with Gasteiger partial charge in [0.2, 0.25) is 5.91 Å². The number of hydrogen-bond donors (Lipinski definition) is 5. The van der Waals surface area contributed by atoms with E-state index in [2.05, 4.69) is 43.5 Å². The fraction of sp³-hybridized carbons (Fsp3) is 0.872. The maximum Gasteiger partial charge on any atom is 0.249 e. The quantitative estimate of drug-likeness (QED) is 0.0357. The van der Waals surface area contributed by atoms with Gasteiger partial charge in [-0.3, -0.25) is 4.79 Å². The van der Waals surface area contributed by atoms with Crippen LogP contribution in [0.2, 0.25) is 0 Å². The summed E-state index contributed by atoms with van der Waals surface area (Å²) in [6, 6.07) is -1.00. The monoisotopic (exact) mass is 638 g/mol. The van der Waals surface area contributed by atoms with E-state index >= 15 is 0 Å². The molecule has 0 aliphatic rings. The van der Waals surface area contributed by atoms with Crippen molar-refractivity contribution in [3.63, 3.8) is 0 Å². The van der Waals surface area contributed by atoms with E-state index in [1.807, 2.05) is 0 Å². The lowest BCUT2D eigenvalue weighted by Gasteiger charge is -2.27. The first-order chi connectivity index (χ1) is 22.0. The number of hydrogen-bond acceptors (Lipinski definition) is 5. The molecule has 266 valence electrons. The standard InChI is InChI=1S/C39H75NO5/c1-3-5-7-9-11-13-15-17-18-19-21-22-24-26-28-30-32-36(42)38(44)35(34-41)40-39(45)37(43)33-31-29-27-25-23-20-16-14-12-10-8-6-4-2/h18-19,24,26,35-38,41-44H,3-17,20-23,25,27-34H2,1-2H3,(H,40,45)/b19-18+,26-24+. The third kappa shape index (κ3) is 28.7. The molecule has 0 aromatic heterocycles. The summed E-state index contributed by atoms with van der Waals surface area (Å²) >= 11 is 0. The first-order valence-corrected chi connectivity index (χ1v) is 19.2. The molecular formula is C39H75NO5. The zero-order chi connectivity index (χ0) is 33.2. The summed E-state index contributed by atoms with van der Waals surface area (Å²) in [5.41, 5.74) is 0. The molecule has 0 bridgehead atoms. The molecule has 6 heteroatoms. The van der Waals surface area contributed by atoms with Gasteiger partial charge in [-0.2, -0.15) is 0 Å². The number of amides is 1. The number of allylic oxidation sites excluding steroid dienone is 4. The van der Waals surface area contributed by atoms with E-state index in [9.17, 15) is 25.2 Å². The average molecular weight is 638 g/mol. The van der Waals surface area contributed by atoms with Gasteiger partial charge in [0.1, 0.15) is 12.2 Å². The van der Waals surface area contributed by atoms with Gasteiger partial charge in [0.25, 0.3) is 0 Å². The Hall–Kier alpha value is -1.21. The summed E-state index contributed by atoms with van der Waals surface area (Å²) in [6.07, 6.45) is 36.3. The third-order valence-electron chi connectivity index (χ3n) is 8.89. The van der Waals surface area contributed by atoms with Crippen LogP contribution >= 0.6 is 0 Å². The lowest BCUT2D eigenvalue weighted by Crippen LogP contribution is -2.53. The van der Waals surface area contributed by atoms with Gasteiger partial charge in [-0.1, -0.05) is 160 Å². The molecule has 0 spiro atoms. The molecule has 0 aliphatic carbocycles. The smallest absolute Gasteiger partial charge is 0.249 e. The first kappa shape index (κ1) is 43.8. The van der Waals surface area contributed by atoms with Crippen LogP contribution in [-0.2, 0) is 4.79 Å². The van der Waals surface area contributed by atoms with E-state index in [-0.39, 0.29) is 0 Å². The van der Waals surface area contributed by atoms with Crippen molar-refractivity contribution in [2.45, 2.75) is 212 Å². The number of aliphatic hydroxyl groups excluding tert-OH is 4. The van der Waals surface area contributed by atoms with Gasteiger partial charge in [-0.05, 0) is 51.4 Å². The summed E-state index contributed by atoms with van der Waals surface area (Å²) in [6.45, 7) is 4.01. The van der Waals surface area contributed by atoms with Gasteiger partial charge in [-0.25, -0.2) is 0 Å². The highest BCUT2D eigenvalue weighted by Crippen LogP contribution is 2.15. The normalized spacial score (nSPS) is 14.7. The second kappa shape index (κ2) is 34.1. The van der Waals surface area contributed by atoms with Gasteiger partial charge in [0.05, 0.1) is 18.8 Å². The Morgan fingerprint density at radius 1 is 0.533 bits per heavy atom. The summed E-state index contributed by atoms with van der Waals surface area (Å²) < 4.78 is 0. The zero-order valence-electron chi connectivity index (χ0n) is 29.6. The summed E-state index contributed by atoms with van der Waals surface area (Å²) in [5.74, 6) is -0.598. The molecule has 0 aromatic carbocycles. The second-order valence-electron chi connectivity index (χ2n) is 13.3. The first-order valence-electron chi connectivity index (χ1n) is 19.2. The SMILES string of the molecule is CCCCCCCCC/C=C/CC/C=C/CCCC(O)C(O)C(CO)NC(=O)C(O)CCCCCCCCCCCCCCC. The molecule has 1 amide bonds. The number of unbranched alkanes of at least 4 members (excludes halogenated alkanes) is 21. The number of carbonyl (C=O) groups excluding carboxylic acids is 1. The third-order valence-corrected chi connectivity index (χ3v) is 8.89. The van der Waals surface area contributed by atoms with Crippen molar-refractivity contribution in [2.75, 3.05) is 6.61 Å². The van der Waals surface area contributed by atoms with Crippen molar-refractivity contribution < 1.29 is 25.2 Å². The van der Waals surface area contributed by atoms with Crippen LogP contribution in [0, 0.1) is 0 Å². The van der Waals surface area contributed by atoms with Crippen molar-refractivity contribution in [1.29, 1.82) is 0 Å². The Labute approximate surface area is 278 Å². The Morgan fingerprint density at radius 2 is 0.933 bits per heavy atom. The van der Waals surface area contributed by atoms with Gasteiger partial charge >= 0.3 is 0 Å². The summed E-state index contributed by atoms with van der Waals surface area (Å²) in [7, 11) is 0. The highest BCUT2D eigenvalue weighted by Gasteiger charge is 2.28. The Morgan fingerprint density at radius 3 is 1.40 bits per heavy atom. The molecule has 0 aromatic rings.